The Labute approximate surface area is 114 Å². The summed E-state index contributed by atoms with van der Waals surface area (Å²) in [6.07, 6.45) is 0. The topological polar surface area (TPSA) is 48.0 Å². The summed E-state index contributed by atoms with van der Waals surface area (Å²) in [6, 6.07) is 3.40. The number of hydrogen-bond acceptors (Lipinski definition) is 4. The first-order valence-electron chi connectivity index (χ1n) is 6.22. The Morgan fingerprint density at radius 1 is 1.00 bits per heavy atom. The highest BCUT2D eigenvalue weighted by molar-refractivity contribution is 5.98. The molecule has 19 heavy (non-hydrogen) atoms. The molecule has 0 N–H and O–H groups in total. The number of ether oxygens (including phenoxy) is 3. The minimum atomic E-state index is -0.0807. The predicted octanol–water partition coefficient (Wildman–Crippen LogP) is 2.19. The Morgan fingerprint density at radius 2 is 1.58 bits per heavy atom. The van der Waals surface area contributed by atoms with Gasteiger partial charge in [0, 0.05) is 13.1 Å². The van der Waals surface area contributed by atoms with Crippen LogP contribution < -0.4 is 14.2 Å². The standard InChI is InChI=1S/C14H21NO4/c1-6-15(7-2)14(16)10-8-9-11(17-3)13(19-5)12(10)18-4/h8-9H,6-7H2,1-5H3. The highest BCUT2D eigenvalue weighted by Crippen LogP contribution is 2.40. The number of methoxy groups -OCH3 is 3. The summed E-state index contributed by atoms with van der Waals surface area (Å²) < 4.78 is 15.8. The van der Waals surface area contributed by atoms with E-state index >= 15 is 0 Å². The van der Waals surface area contributed by atoms with Crippen LogP contribution in [0.25, 0.3) is 0 Å². The van der Waals surface area contributed by atoms with Gasteiger partial charge in [0.1, 0.15) is 0 Å². The number of amides is 1. The molecule has 0 atom stereocenters. The molecule has 0 saturated heterocycles. The molecule has 5 heteroatoms. The van der Waals surface area contributed by atoms with Crippen molar-refractivity contribution in [3.63, 3.8) is 0 Å². The maximum Gasteiger partial charge on any atom is 0.257 e. The van der Waals surface area contributed by atoms with Crippen LogP contribution >= 0.6 is 0 Å². The zero-order valence-electron chi connectivity index (χ0n) is 12.1. The van der Waals surface area contributed by atoms with E-state index in [2.05, 4.69) is 0 Å². The minimum absolute atomic E-state index is 0.0807. The summed E-state index contributed by atoms with van der Waals surface area (Å²) in [4.78, 5) is 14.1. The van der Waals surface area contributed by atoms with Crippen LogP contribution in [0.5, 0.6) is 17.2 Å². The Bertz CT molecular complexity index is 441. The van der Waals surface area contributed by atoms with Gasteiger partial charge >= 0.3 is 0 Å². The van der Waals surface area contributed by atoms with Crippen molar-refractivity contribution < 1.29 is 19.0 Å². The normalized spacial score (nSPS) is 9.95. The Hall–Kier alpha value is -1.91. The molecule has 0 aliphatic rings. The Kier molecular flexibility index (Phi) is 5.48. The highest BCUT2D eigenvalue weighted by Gasteiger charge is 2.23. The second kappa shape index (κ2) is 6.87. The lowest BCUT2D eigenvalue weighted by atomic mass is 10.1. The predicted molar refractivity (Wildman–Crippen MR) is 73.3 cm³/mol. The summed E-state index contributed by atoms with van der Waals surface area (Å²) in [7, 11) is 4.57. The van der Waals surface area contributed by atoms with Gasteiger partial charge in [-0.05, 0) is 26.0 Å². The van der Waals surface area contributed by atoms with Crippen LogP contribution in [0, 0.1) is 0 Å². The SMILES string of the molecule is CCN(CC)C(=O)c1ccc(OC)c(OC)c1OC. The van der Waals surface area contributed by atoms with E-state index in [9.17, 15) is 4.79 Å². The van der Waals surface area contributed by atoms with Crippen LogP contribution in [0.4, 0.5) is 0 Å². The molecule has 1 amide bonds. The third-order valence-corrected chi connectivity index (χ3v) is 2.99. The second-order valence-electron chi connectivity index (χ2n) is 3.86. The number of hydrogen-bond donors (Lipinski definition) is 0. The molecule has 1 aromatic rings. The van der Waals surface area contributed by atoms with Gasteiger partial charge in [0.05, 0.1) is 26.9 Å². The number of rotatable bonds is 6. The van der Waals surface area contributed by atoms with Gasteiger partial charge < -0.3 is 19.1 Å². The molecule has 0 aromatic heterocycles. The quantitative estimate of drug-likeness (QED) is 0.792. The fourth-order valence-corrected chi connectivity index (χ4v) is 1.95. The van der Waals surface area contributed by atoms with Crippen LogP contribution in [-0.2, 0) is 0 Å². The van der Waals surface area contributed by atoms with E-state index in [-0.39, 0.29) is 5.91 Å². The summed E-state index contributed by atoms with van der Waals surface area (Å²) in [5, 5.41) is 0. The first-order valence-corrected chi connectivity index (χ1v) is 6.22. The van der Waals surface area contributed by atoms with Crippen molar-refractivity contribution in [3.05, 3.63) is 17.7 Å². The zero-order chi connectivity index (χ0) is 14.4. The van der Waals surface area contributed by atoms with E-state index in [1.54, 1.807) is 24.1 Å². The maximum atomic E-state index is 12.4. The second-order valence-corrected chi connectivity index (χ2v) is 3.86. The lowest BCUT2D eigenvalue weighted by molar-refractivity contribution is 0.0769. The molecule has 0 radical (unpaired) electrons. The monoisotopic (exact) mass is 267 g/mol. The number of nitrogens with zero attached hydrogens (tertiary/aromatic N) is 1. The van der Waals surface area contributed by atoms with Gasteiger partial charge in [-0.3, -0.25) is 4.79 Å². The van der Waals surface area contributed by atoms with Crippen LogP contribution in [0.3, 0.4) is 0 Å². The molecule has 0 saturated carbocycles. The van der Waals surface area contributed by atoms with Crippen molar-refractivity contribution in [2.75, 3.05) is 34.4 Å². The van der Waals surface area contributed by atoms with Crippen molar-refractivity contribution >= 4 is 5.91 Å². The number of carbonyl (C=O) groups is 1. The van der Waals surface area contributed by atoms with Crippen LogP contribution in [0.15, 0.2) is 12.1 Å². The number of carbonyl (C=O) groups excluding carboxylic acids is 1. The molecular formula is C14H21NO4. The van der Waals surface area contributed by atoms with Crippen LogP contribution in [0.2, 0.25) is 0 Å². The first kappa shape index (κ1) is 15.1. The first-order chi connectivity index (χ1) is 9.14. The molecule has 0 fully saturated rings. The lowest BCUT2D eigenvalue weighted by Gasteiger charge is -2.21. The largest absolute Gasteiger partial charge is 0.493 e. The van der Waals surface area contributed by atoms with E-state index < -0.39 is 0 Å². The molecule has 0 unspecified atom stereocenters. The van der Waals surface area contributed by atoms with Crippen molar-refractivity contribution in [1.29, 1.82) is 0 Å². The highest BCUT2D eigenvalue weighted by atomic mass is 16.5. The van der Waals surface area contributed by atoms with Crippen molar-refractivity contribution in [1.82, 2.24) is 4.90 Å². The average Bonchev–Trinajstić information content (AvgIpc) is 2.46. The van der Waals surface area contributed by atoms with Crippen LogP contribution in [-0.4, -0.2) is 45.2 Å². The molecule has 1 aromatic carbocycles. The van der Waals surface area contributed by atoms with Crippen molar-refractivity contribution in [2.24, 2.45) is 0 Å². The molecule has 0 aliphatic carbocycles. The molecular weight excluding hydrogens is 246 g/mol. The van der Waals surface area contributed by atoms with E-state index in [1.807, 2.05) is 13.8 Å². The smallest absolute Gasteiger partial charge is 0.257 e. The van der Waals surface area contributed by atoms with Gasteiger partial charge in [-0.2, -0.15) is 0 Å². The summed E-state index contributed by atoms with van der Waals surface area (Å²) in [5.74, 6) is 1.29. The van der Waals surface area contributed by atoms with E-state index in [0.29, 0.717) is 35.9 Å². The third kappa shape index (κ3) is 2.92. The van der Waals surface area contributed by atoms with Gasteiger partial charge in [0.2, 0.25) is 5.75 Å². The molecule has 0 aliphatic heterocycles. The fourth-order valence-electron chi connectivity index (χ4n) is 1.95. The van der Waals surface area contributed by atoms with E-state index in [0.717, 1.165) is 0 Å². The van der Waals surface area contributed by atoms with Gasteiger partial charge in [-0.1, -0.05) is 0 Å². The van der Waals surface area contributed by atoms with Gasteiger partial charge in [-0.15, -0.1) is 0 Å². The summed E-state index contributed by atoms with van der Waals surface area (Å²) >= 11 is 0. The molecule has 1 rings (SSSR count). The van der Waals surface area contributed by atoms with Crippen molar-refractivity contribution in [2.45, 2.75) is 13.8 Å². The molecule has 0 bridgehead atoms. The maximum absolute atomic E-state index is 12.4. The third-order valence-electron chi connectivity index (χ3n) is 2.99. The van der Waals surface area contributed by atoms with Crippen molar-refractivity contribution in [3.8, 4) is 17.2 Å². The van der Waals surface area contributed by atoms with Gasteiger partial charge in [0.15, 0.2) is 11.5 Å². The summed E-state index contributed by atoms with van der Waals surface area (Å²) in [5.41, 5.74) is 0.476. The lowest BCUT2D eigenvalue weighted by Crippen LogP contribution is -2.30. The summed E-state index contributed by atoms with van der Waals surface area (Å²) in [6.45, 7) is 5.17. The van der Waals surface area contributed by atoms with E-state index in [1.165, 1.54) is 14.2 Å². The molecule has 0 heterocycles. The fraction of sp³-hybridized carbons (Fsp3) is 0.500. The zero-order valence-corrected chi connectivity index (χ0v) is 12.1. The van der Waals surface area contributed by atoms with Gasteiger partial charge in [-0.25, -0.2) is 0 Å². The minimum Gasteiger partial charge on any atom is -0.493 e. The molecule has 5 nitrogen and oxygen atoms in total. The van der Waals surface area contributed by atoms with Gasteiger partial charge in [0.25, 0.3) is 5.91 Å². The molecule has 106 valence electrons. The number of benzene rings is 1. The Morgan fingerprint density at radius 3 is 2.00 bits per heavy atom. The van der Waals surface area contributed by atoms with Crippen LogP contribution in [0.1, 0.15) is 24.2 Å². The molecule has 0 spiro atoms. The van der Waals surface area contributed by atoms with E-state index in [4.69, 9.17) is 14.2 Å². The Balaban J connectivity index is 3.32. The average molecular weight is 267 g/mol.